The summed E-state index contributed by atoms with van der Waals surface area (Å²) in [7, 11) is 4.47. The van der Waals surface area contributed by atoms with Crippen molar-refractivity contribution in [1.29, 1.82) is 0 Å². The Kier molecular flexibility index (Phi) is 5.07. The Balaban J connectivity index is 1.88. The molecule has 0 aromatic heterocycles. The van der Waals surface area contributed by atoms with Crippen molar-refractivity contribution in [3.63, 3.8) is 0 Å². The van der Waals surface area contributed by atoms with Crippen LogP contribution in [-0.4, -0.2) is 39.8 Å². The molecule has 2 aromatic carbocycles. The van der Waals surface area contributed by atoms with Crippen LogP contribution in [0.1, 0.15) is 17.9 Å². The number of rotatable bonds is 5. The molecule has 0 unspecified atom stereocenters. The second-order valence-electron chi connectivity index (χ2n) is 6.83. The molecular weight excluding hydrogens is 393 g/mol. The molecule has 0 bridgehead atoms. The number of anilines is 1. The molecule has 2 aromatic rings. The highest BCUT2D eigenvalue weighted by atomic mass is 19.1. The van der Waals surface area contributed by atoms with Gasteiger partial charge >= 0.3 is 5.97 Å². The van der Waals surface area contributed by atoms with Crippen molar-refractivity contribution in [2.24, 2.45) is 0 Å². The van der Waals surface area contributed by atoms with Crippen LogP contribution in [0.2, 0.25) is 0 Å². The largest absolute Gasteiger partial charge is 0.493 e. The average molecular weight is 413 g/mol. The number of carbonyl (C=O) groups excluding carboxylic acids is 2. The van der Waals surface area contributed by atoms with E-state index in [2.05, 4.69) is 0 Å². The number of carbonyl (C=O) groups is 2. The van der Waals surface area contributed by atoms with Gasteiger partial charge in [0.2, 0.25) is 11.7 Å². The Hall–Kier alpha value is -3.55. The zero-order valence-electron chi connectivity index (χ0n) is 16.7. The van der Waals surface area contributed by atoms with Gasteiger partial charge in [0.1, 0.15) is 12.4 Å². The first-order valence-electron chi connectivity index (χ1n) is 9.27. The summed E-state index contributed by atoms with van der Waals surface area (Å²) in [4.78, 5) is 27.1. The zero-order chi connectivity index (χ0) is 21.4. The Morgan fingerprint density at radius 1 is 1.03 bits per heavy atom. The van der Waals surface area contributed by atoms with Gasteiger partial charge in [0.15, 0.2) is 11.5 Å². The molecule has 2 heterocycles. The number of nitrogens with zero attached hydrogens (tertiary/aromatic N) is 1. The quantitative estimate of drug-likeness (QED) is 0.701. The molecule has 4 rings (SSSR count). The van der Waals surface area contributed by atoms with Gasteiger partial charge in [-0.2, -0.15) is 0 Å². The maximum atomic E-state index is 13.8. The lowest BCUT2D eigenvalue weighted by atomic mass is 9.83. The van der Waals surface area contributed by atoms with Crippen LogP contribution >= 0.6 is 0 Å². The number of amides is 1. The minimum absolute atomic E-state index is 0.0176. The number of hydrogen-bond donors (Lipinski definition) is 0. The van der Waals surface area contributed by atoms with Gasteiger partial charge in [-0.15, -0.1) is 0 Å². The first-order valence-corrected chi connectivity index (χ1v) is 9.27. The molecule has 30 heavy (non-hydrogen) atoms. The van der Waals surface area contributed by atoms with Gasteiger partial charge in [-0.3, -0.25) is 9.69 Å². The van der Waals surface area contributed by atoms with Crippen molar-refractivity contribution < 1.29 is 32.9 Å². The molecule has 2 aliphatic rings. The van der Waals surface area contributed by atoms with Gasteiger partial charge in [-0.1, -0.05) is 12.1 Å². The summed E-state index contributed by atoms with van der Waals surface area (Å²) in [6.45, 7) is -0.0669. The monoisotopic (exact) mass is 413 g/mol. The smallest absolute Gasteiger partial charge is 0.336 e. The van der Waals surface area contributed by atoms with E-state index >= 15 is 0 Å². The van der Waals surface area contributed by atoms with Gasteiger partial charge in [-0.05, 0) is 24.3 Å². The van der Waals surface area contributed by atoms with E-state index < -0.39 is 17.7 Å². The van der Waals surface area contributed by atoms with Crippen LogP contribution in [0.25, 0.3) is 0 Å². The fourth-order valence-corrected chi connectivity index (χ4v) is 4.03. The van der Waals surface area contributed by atoms with E-state index in [9.17, 15) is 14.0 Å². The van der Waals surface area contributed by atoms with Gasteiger partial charge in [0, 0.05) is 17.9 Å². The topological polar surface area (TPSA) is 74.3 Å². The molecular formula is C22H20FNO6. The highest BCUT2D eigenvalue weighted by Crippen LogP contribution is 2.49. The van der Waals surface area contributed by atoms with E-state index in [4.69, 9.17) is 18.9 Å². The number of cyclic esters (lactones) is 1. The van der Waals surface area contributed by atoms with E-state index in [1.165, 1.54) is 44.4 Å². The molecule has 0 radical (unpaired) electrons. The fraction of sp³-hybridized carbons (Fsp3) is 0.273. The second kappa shape index (κ2) is 7.70. The Morgan fingerprint density at radius 2 is 1.80 bits per heavy atom. The minimum atomic E-state index is -0.595. The van der Waals surface area contributed by atoms with Crippen molar-refractivity contribution in [3.8, 4) is 17.2 Å². The normalized spacial score (nSPS) is 18.3. The summed E-state index contributed by atoms with van der Waals surface area (Å²) >= 11 is 0. The highest BCUT2D eigenvalue weighted by molar-refractivity contribution is 6.06. The van der Waals surface area contributed by atoms with Crippen molar-refractivity contribution in [1.82, 2.24) is 0 Å². The fourth-order valence-electron chi connectivity index (χ4n) is 4.03. The van der Waals surface area contributed by atoms with Crippen molar-refractivity contribution in [2.75, 3.05) is 32.8 Å². The summed E-state index contributed by atoms with van der Waals surface area (Å²) in [5.74, 6) is -0.657. The molecule has 156 valence electrons. The van der Waals surface area contributed by atoms with Crippen LogP contribution in [0.5, 0.6) is 17.2 Å². The van der Waals surface area contributed by atoms with Crippen molar-refractivity contribution in [2.45, 2.75) is 12.3 Å². The summed E-state index contributed by atoms with van der Waals surface area (Å²) in [5, 5.41) is 0. The SMILES string of the molecule is COc1ccc([C@@H]2CC(=O)N(c3cccc(F)c3)C3=C2C(=O)OC3)c(OC)c1OC. The molecule has 0 fully saturated rings. The van der Waals surface area contributed by atoms with Crippen LogP contribution in [0.3, 0.4) is 0 Å². The predicted octanol–water partition coefficient (Wildman–Crippen LogP) is 3.18. The average Bonchev–Trinajstić information content (AvgIpc) is 3.13. The van der Waals surface area contributed by atoms with Gasteiger partial charge in [0.05, 0.1) is 38.3 Å². The molecule has 1 amide bonds. The van der Waals surface area contributed by atoms with Gasteiger partial charge < -0.3 is 18.9 Å². The molecule has 0 saturated heterocycles. The van der Waals surface area contributed by atoms with Crippen LogP contribution in [0, 0.1) is 5.82 Å². The van der Waals surface area contributed by atoms with E-state index in [0.29, 0.717) is 39.8 Å². The maximum absolute atomic E-state index is 13.8. The van der Waals surface area contributed by atoms with E-state index in [1.54, 1.807) is 18.2 Å². The molecule has 1 atom stereocenters. The first kappa shape index (κ1) is 19.8. The Labute approximate surface area is 172 Å². The number of methoxy groups -OCH3 is 3. The van der Waals surface area contributed by atoms with E-state index in [-0.39, 0.29) is 18.9 Å². The Morgan fingerprint density at radius 3 is 2.47 bits per heavy atom. The number of esters is 1. The van der Waals surface area contributed by atoms with Crippen LogP contribution in [0.4, 0.5) is 10.1 Å². The van der Waals surface area contributed by atoms with Crippen LogP contribution < -0.4 is 19.1 Å². The second-order valence-corrected chi connectivity index (χ2v) is 6.83. The highest BCUT2D eigenvalue weighted by Gasteiger charge is 2.44. The lowest BCUT2D eigenvalue weighted by Gasteiger charge is -2.32. The first-order chi connectivity index (χ1) is 14.5. The third-order valence-corrected chi connectivity index (χ3v) is 5.29. The molecule has 0 aliphatic carbocycles. The molecule has 0 saturated carbocycles. The third-order valence-electron chi connectivity index (χ3n) is 5.29. The molecule has 7 nitrogen and oxygen atoms in total. The van der Waals surface area contributed by atoms with Gasteiger partial charge in [-0.25, -0.2) is 9.18 Å². The summed E-state index contributed by atoms with van der Waals surface area (Å²) < 4.78 is 35.3. The maximum Gasteiger partial charge on any atom is 0.336 e. The molecule has 0 spiro atoms. The van der Waals surface area contributed by atoms with E-state index in [1.807, 2.05) is 0 Å². The molecule has 8 heteroatoms. The molecule has 0 N–H and O–H groups in total. The number of halogens is 1. The molecule has 2 aliphatic heterocycles. The van der Waals surface area contributed by atoms with E-state index in [0.717, 1.165) is 0 Å². The number of hydrogen-bond acceptors (Lipinski definition) is 6. The lowest BCUT2D eigenvalue weighted by Crippen LogP contribution is -2.37. The minimum Gasteiger partial charge on any atom is -0.493 e. The third kappa shape index (κ3) is 3.04. The van der Waals surface area contributed by atoms with Crippen LogP contribution in [-0.2, 0) is 14.3 Å². The Bertz CT molecular complexity index is 1060. The van der Waals surface area contributed by atoms with Crippen molar-refractivity contribution in [3.05, 3.63) is 59.0 Å². The lowest BCUT2D eigenvalue weighted by molar-refractivity contribution is -0.136. The standard InChI is InChI=1S/C22H20FNO6/c1-27-17-8-7-14(20(28-2)21(17)29-3)15-10-18(25)24(13-6-4-5-12(23)9-13)16-11-30-22(26)19(15)16/h4-9,15H,10-11H2,1-3H3/t15-/m0/s1. The van der Waals surface area contributed by atoms with Gasteiger partial charge in [0.25, 0.3) is 0 Å². The van der Waals surface area contributed by atoms with Crippen molar-refractivity contribution >= 4 is 17.6 Å². The summed E-state index contributed by atoms with van der Waals surface area (Å²) in [6.07, 6.45) is -0.0176. The summed E-state index contributed by atoms with van der Waals surface area (Å²) in [5.41, 5.74) is 1.71. The zero-order valence-corrected chi connectivity index (χ0v) is 16.7. The number of ether oxygens (including phenoxy) is 4. The number of benzene rings is 2. The summed E-state index contributed by atoms with van der Waals surface area (Å²) in [6, 6.07) is 9.11. The predicted molar refractivity (Wildman–Crippen MR) is 105 cm³/mol. The van der Waals surface area contributed by atoms with Crippen LogP contribution in [0.15, 0.2) is 47.7 Å².